The molecule has 0 fully saturated rings. The van der Waals surface area contributed by atoms with E-state index in [1.54, 1.807) is 18.3 Å². The summed E-state index contributed by atoms with van der Waals surface area (Å²) in [5.74, 6) is 0.273. The molecule has 17 heavy (non-hydrogen) atoms. The summed E-state index contributed by atoms with van der Waals surface area (Å²) in [6.07, 6.45) is 1.73. The van der Waals surface area contributed by atoms with Gasteiger partial charge in [-0.2, -0.15) is 0 Å². The van der Waals surface area contributed by atoms with Crippen LogP contribution in [0.1, 0.15) is 5.56 Å². The number of pyridine rings is 1. The number of anilines is 2. The van der Waals surface area contributed by atoms with Gasteiger partial charge in [-0.25, -0.2) is 9.37 Å². The van der Waals surface area contributed by atoms with E-state index in [-0.39, 0.29) is 5.82 Å². The smallest absolute Gasteiger partial charge is 0.146 e. The number of nitrogens with zero attached hydrogens (tertiary/aromatic N) is 1. The van der Waals surface area contributed by atoms with Gasteiger partial charge in [-0.05, 0) is 52.7 Å². The summed E-state index contributed by atoms with van der Waals surface area (Å²) in [5.41, 5.74) is 1.42. The standard InChI is InChI=1S/C12H9Br2FN2/c1-7-4-9(14)12(16-6-7)17-11-5-8(13)2-3-10(11)15/h2-6H,1H3,(H,16,17). The molecule has 0 saturated carbocycles. The summed E-state index contributed by atoms with van der Waals surface area (Å²) in [4.78, 5) is 4.20. The van der Waals surface area contributed by atoms with E-state index in [0.717, 1.165) is 14.5 Å². The van der Waals surface area contributed by atoms with Crippen molar-refractivity contribution >= 4 is 43.4 Å². The fraction of sp³-hybridized carbons (Fsp3) is 0.0833. The maximum absolute atomic E-state index is 13.5. The van der Waals surface area contributed by atoms with E-state index in [4.69, 9.17) is 0 Å². The average molecular weight is 360 g/mol. The molecule has 0 unspecified atom stereocenters. The third kappa shape index (κ3) is 3.04. The van der Waals surface area contributed by atoms with Gasteiger partial charge in [0.05, 0.1) is 10.2 Å². The van der Waals surface area contributed by atoms with Crippen molar-refractivity contribution in [2.75, 3.05) is 5.32 Å². The highest BCUT2D eigenvalue weighted by molar-refractivity contribution is 9.10. The molecular formula is C12H9Br2FN2. The van der Waals surface area contributed by atoms with Crippen molar-refractivity contribution in [3.63, 3.8) is 0 Å². The highest BCUT2D eigenvalue weighted by atomic mass is 79.9. The fourth-order valence-electron chi connectivity index (χ4n) is 1.35. The number of aryl methyl sites for hydroxylation is 1. The van der Waals surface area contributed by atoms with E-state index in [0.29, 0.717) is 11.5 Å². The molecule has 5 heteroatoms. The van der Waals surface area contributed by atoms with E-state index >= 15 is 0 Å². The van der Waals surface area contributed by atoms with Crippen LogP contribution >= 0.6 is 31.9 Å². The summed E-state index contributed by atoms with van der Waals surface area (Å²) in [6, 6.07) is 6.64. The maximum atomic E-state index is 13.5. The molecule has 1 heterocycles. The van der Waals surface area contributed by atoms with Crippen molar-refractivity contribution in [1.82, 2.24) is 4.98 Å². The van der Waals surface area contributed by atoms with Crippen LogP contribution < -0.4 is 5.32 Å². The van der Waals surface area contributed by atoms with Gasteiger partial charge in [0.25, 0.3) is 0 Å². The number of halogens is 3. The minimum atomic E-state index is -0.317. The Morgan fingerprint density at radius 2 is 2.00 bits per heavy atom. The minimum absolute atomic E-state index is 0.317. The van der Waals surface area contributed by atoms with Crippen molar-refractivity contribution in [3.05, 3.63) is 50.8 Å². The Kier molecular flexibility index (Phi) is 3.79. The highest BCUT2D eigenvalue weighted by Gasteiger charge is 2.06. The first-order valence-corrected chi connectivity index (χ1v) is 6.49. The highest BCUT2D eigenvalue weighted by Crippen LogP contribution is 2.27. The minimum Gasteiger partial charge on any atom is -0.337 e. The number of nitrogens with one attached hydrogen (secondary N) is 1. The Balaban J connectivity index is 2.34. The molecular weight excluding hydrogens is 351 g/mol. The zero-order valence-electron chi connectivity index (χ0n) is 8.97. The SMILES string of the molecule is Cc1cnc(Nc2cc(Br)ccc2F)c(Br)c1. The third-order valence-electron chi connectivity index (χ3n) is 2.16. The first kappa shape index (κ1) is 12.5. The monoisotopic (exact) mass is 358 g/mol. The lowest BCUT2D eigenvalue weighted by atomic mass is 10.3. The summed E-state index contributed by atoms with van der Waals surface area (Å²) in [7, 11) is 0. The number of hydrogen-bond acceptors (Lipinski definition) is 2. The molecule has 2 nitrogen and oxygen atoms in total. The van der Waals surface area contributed by atoms with Gasteiger partial charge < -0.3 is 5.32 Å². The normalized spacial score (nSPS) is 10.4. The fourth-order valence-corrected chi connectivity index (χ4v) is 2.27. The number of aromatic nitrogens is 1. The van der Waals surface area contributed by atoms with E-state index in [2.05, 4.69) is 42.2 Å². The van der Waals surface area contributed by atoms with Crippen LogP contribution in [0.25, 0.3) is 0 Å². The Hall–Kier alpha value is -0.940. The summed E-state index contributed by atoms with van der Waals surface area (Å²) >= 11 is 6.69. The Morgan fingerprint density at radius 3 is 2.71 bits per heavy atom. The Morgan fingerprint density at radius 1 is 1.24 bits per heavy atom. The van der Waals surface area contributed by atoms with Gasteiger partial charge in [0.15, 0.2) is 0 Å². The van der Waals surface area contributed by atoms with Crippen molar-refractivity contribution in [2.45, 2.75) is 6.92 Å². The van der Waals surface area contributed by atoms with Gasteiger partial charge >= 0.3 is 0 Å². The summed E-state index contributed by atoms with van der Waals surface area (Å²) in [5, 5.41) is 2.95. The molecule has 0 atom stereocenters. The van der Waals surface area contributed by atoms with E-state index in [1.165, 1.54) is 6.07 Å². The molecule has 1 N–H and O–H groups in total. The van der Waals surface area contributed by atoms with Gasteiger partial charge in [0.2, 0.25) is 0 Å². The Labute approximate surface area is 116 Å². The predicted octanol–water partition coefficient (Wildman–Crippen LogP) is 4.80. The zero-order valence-corrected chi connectivity index (χ0v) is 12.1. The second-order valence-corrected chi connectivity index (χ2v) is 5.36. The molecule has 1 aromatic heterocycles. The number of hydrogen-bond donors (Lipinski definition) is 1. The van der Waals surface area contributed by atoms with Crippen LogP contribution in [0.5, 0.6) is 0 Å². The Bertz CT molecular complexity index is 558. The molecule has 0 radical (unpaired) electrons. The predicted molar refractivity (Wildman–Crippen MR) is 74.1 cm³/mol. The van der Waals surface area contributed by atoms with E-state index in [1.807, 2.05) is 13.0 Å². The lowest BCUT2D eigenvalue weighted by Crippen LogP contribution is -1.97. The van der Waals surface area contributed by atoms with Crippen LogP contribution in [0, 0.1) is 12.7 Å². The van der Waals surface area contributed by atoms with Crippen molar-refractivity contribution in [3.8, 4) is 0 Å². The van der Waals surface area contributed by atoms with Gasteiger partial charge in [0, 0.05) is 10.7 Å². The molecule has 0 aliphatic heterocycles. The number of rotatable bonds is 2. The molecule has 2 aromatic rings. The van der Waals surface area contributed by atoms with Crippen LogP contribution in [-0.2, 0) is 0 Å². The van der Waals surface area contributed by atoms with Crippen LogP contribution in [0.3, 0.4) is 0 Å². The lowest BCUT2D eigenvalue weighted by molar-refractivity contribution is 0.631. The quantitative estimate of drug-likeness (QED) is 0.833. The first-order chi connectivity index (χ1) is 8.06. The van der Waals surface area contributed by atoms with Gasteiger partial charge in [-0.15, -0.1) is 0 Å². The van der Waals surface area contributed by atoms with Crippen LogP contribution in [0.2, 0.25) is 0 Å². The number of benzene rings is 1. The van der Waals surface area contributed by atoms with Crippen molar-refractivity contribution < 1.29 is 4.39 Å². The molecule has 0 amide bonds. The average Bonchev–Trinajstić information content (AvgIpc) is 2.27. The molecule has 2 rings (SSSR count). The molecule has 0 aliphatic rings. The zero-order chi connectivity index (χ0) is 12.4. The second-order valence-electron chi connectivity index (χ2n) is 3.59. The third-order valence-corrected chi connectivity index (χ3v) is 3.26. The molecule has 0 bridgehead atoms. The van der Waals surface area contributed by atoms with E-state index < -0.39 is 0 Å². The van der Waals surface area contributed by atoms with Gasteiger partial charge in [0.1, 0.15) is 11.6 Å². The topological polar surface area (TPSA) is 24.9 Å². The van der Waals surface area contributed by atoms with E-state index in [9.17, 15) is 4.39 Å². The lowest BCUT2D eigenvalue weighted by Gasteiger charge is -2.09. The summed E-state index contributed by atoms with van der Waals surface area (Å²) < 4.78 is 15.2. The molecule has 0 aliphatic carbocycles. The van der Waals surface area contributed by atoms with Crippen LogP contribution in [0.15, 0.2) is 39.4 Å². The molecule has 88 valence electrons. The summed E-state index contributed by atoms with van der Waals surface area (Å²) in [6.45, 7) is 1.95. The molecule has 0 spiro atoms. The van der Waals surface area contributed by atoms with Gasteiger partial charge in [-0.3, -0.25) is 0 Å². The molecule has 1 aromatic carbocycles. The van der Waals surface area contributed by atoms with Gasteiger partial charge in [-0.1, -0.05) is 15.9 Å². The van der Waals surface area contributed by atoms with Crippen LogP contribution in [0.4, 0.5) is 15.9 Å². The van der Waals surface area contributed by atoms with Crippen molar-refractivity contribution in [2.24, 2.45) is 0 Å². The molecule has 0 saturated heterocycles. The van der Waals surface area contributed by atoms with Crippen molar-refractivity contribution in [1.29, 1.82) is 0 Å². The van der Waals surface area contributed by atoms with Crippen LogP contribution in [-0.4, -0.2) is 4.98 Å². The first-order valence-electron chi connectivity index (χ1n) is 4.90. The largest absolute Gasteiger partial charge is 0.337 e. The maximum Gasteiger partial charge on any atom is 0.146 e. The second kappa shape index (κ2) is 5.14.